The van der Waals surface area contributed by atoms with Crippen LogP contribution >= 0.6 is 0 Å². The molecule has 0 unspecified atom stereocenters. The molecule has 1 saturated heterocycles. The molecular formula is C11H19NO3. The maximum atomic E-state index is 11.7. The molecule has 4 nitrogen and oxygen atoms in total. The van der Waals surface area contributed by atoms with Gasteiger partial charge in [0.15, 0.2) is 0 Å². The van der Waals surface area contributed by atoms with Gasteiger partial charge in [-0.05, 0) is 19.4 Å². The van der Waals surface area contributed by atoms with Gasteiger partial charge in [-0.3, -0.25) is 4.79 Å². The molecule has 1 fully saturated rings. The standard InChI is InChI=1S/C11H19NO3/c1-4-5-11(13)12-7-10(15-3)6-9(12)8-14-2/h4-5,9-10H,6-8H2,1-3H3/b5-4+/t9-,10+/m0/s1. The van der Waals surface area contributed by atoms with Crippen molar-refractivity contribution in [1.82, 2.24) is 4.90 Å². The van der Waals surface area contributed by atoms with Crippen LogP contribution in [0.5, 0.6) is 0 Å². The maximum Gasteiger partial charge on any atom is 0.246 e. The van der Waals surface area contributed by atoms with Crippen molar-refractivity contribution in [2.75, 3.05) is 27.4 Å². The van der Waals surface area contributed by atoms with E-state index in [-0.39, 0.29) is 18.1 Å². The van der Waals surface area contributed by atoms with Crippen molar-refractivity contribution >= 4 is 5.91 Å². The first-order valence-electron chi connectivity index (χ1n) is 5.18. The second-order valence-electron chi connectivity index (χ2n) is 3.69. The first-order chi connectivity index (χ1) is 7.22. The molecule has 1 heterocycles. The summed E-state index contributed by atoms with van der Waals surface area (Å²) in [4.78, 5) is 13.5. The smallest absolute Gasteiger partial charge is 0.246 e. The lowest BCUT2D eigenvalue weighted by Crippen LogP contribution is -2.37. The van der Waals surface area contributed by atoms with Gasteiger partial charge in [0.05, 0.1) is 18.8 Å². The number of amides is 1. The monoisotopic (exact) mass is 213 g/mol. The largest absolute Gasteiger partial charge is 0.383 e. The molecular weight excluding hydrogens is 194 g/mol. The molecule has 0 aromatic rings. The van der Waals surface area contributed by atoms with E-state index in [1.165, 1.54) is 0 Å². The Kier molecular flexibility index (Phi) is 4.78. The van der Waals surface area contributed by atoms with Gasteiger partial charge in [-0.2, -0.15) is 0 Å². The molecule has 1 rings (SSSR count). The normalized spacial score (nSPS) is 26.5. The Morgan fingerprint density at radius 2 is 2.27 bits per heavy atom. The van der Waals surface area contributed by atoms with Gasteiger partial charge in [0.1, 0.15) is 0 Å². The Hall–Kier alpha value is -0.870. The van der Waals surface area contributed by atoms with Crippen molar-refractivity contribution in [3.8, 4) is 0 Å². The summed E-state index contributed by atoms with van der Waals surface area (Å²) in [7, 11) is 3.33. The predicted molar refractivity (Wildman–Crippen MR) is 57.6 cm³/mol. The van der Waals surface area contributed by atoms with Crippen molar-refractivity contribution in [2.24, 2.45) is 0 Å². The highest BCUT2D eigenvalue weighted by molar-refractivity contribution is 5.88. The zero-order valence-electron chi connectivity index (χ0n) is 9.60. The number of nitrogens with zero attached hydrogens (tertiary/aromatic N) is 1. The fraction of sp³-hybridized carbons (Fsp3) is 0.727. The molecule has 4 heteroatoms. The number of hydrogen-bond acceptors (Lipinski definition) is 3. The van der Waals surface area contributed by atoms with E-state index in [1.54, 1.807) is 26.4 Å². The van der Waals surface area contributed by atoms with Gasteiger partial charge in [-0.25, -0.2) is 0 Å². The fourth-order valence-corrected chi connectivity index (χ4v) is 1.90. The average molecular weight is 213 g/mol. The van der Waals surface area contributed by atoms with Gasteiger partial charge < -0.3 is 14.4 Å². The SMILES string of the molecule is C/C=C/C(=O)N1C[C@H](OC)C[C@H]1COC. The molecule has 15 heavy (non-hydrogen) atoms. The van der Waals surface area contributed by atoms with E-state index in [2.05, 4.69) is 0 Å². The first kappa shape index (κ1) is 12.2. The number of ether oxygens (including phenoxy) is 2. The minimum absolute atomic E-state index is 0.0408. The average Bonchev–Trinajstić information content (AvgIpc) is 2.62. The van der Waals surface area contributed by atoms with E-state index in [4.69, 9.17) is 9.47 Å². The molecule has 0 aliphatic carbocycles. The van der Waals surface area contributed by atoms with Crippen LogP contribution in [-0.4, -0.2) is 50.3 Å². The fourth-order valence-electron chi connectivity index (χ4n) is 1.90. The van der Waals surface area contributed by atoms with Crippen molar-refractivity contribution in [3.63, 3.8) is 0 Å². The van der Waals surface area contributed by atoms with Gasteiger partial charge in [0.2, 0.25) is 5.91 Å². The summed E-state index contributed by atoms with van der Waals surface area (Å²) >= 11 is 0. The first-order valence-corrected chi connectivity index (χ1v) is 5.18. The van der Waals surface area contributed by atoms with Gasteiger partial charge in [-0.15, -0.1) is 0 Å². The van der Waals surface area contributed by atoms with Crippen LogP contribution in [0.2, 0.25) is 0 Å². The molecule has 1 amide bonds. The van der Waals surface area contributed by atoms with Crippen molar-refractivity contribution < 1.29 is 14.3 Å². The van der Waals surface area contributed by atoms with Gasteiger partial charge >= 0.3 is 0 Å². The topological polar surface area (TPSA) is 38.8 Å². The van der Waals surface area contributed by atoms with E-state index >= 15 is 0 Å². The minimum Gasteiger partial charge on any atom is -0.383 e. The number of carbonyl (C=O) groups excluding carboxylic acids is 1. The summed E-state index contributed by atoms with van der Waals surface area (Å²) in [5.41, 5.74) is 0. The van der Waals surface area contributed by atoms with Crippen LogP contribution in [0.4, 0.5) is 0 Å². The second-order valence-corrected chi connectivity index (χ2v) is 3.69. The van der Waals surface area contributed by atoms with Crippen LogP contribution in [0.15, 0.2) is 12.2 Å². The molecule has 0 aromatic heterocycles. The summed E-state index contributed by atoms with van der Waals surface area (Å²) in [6, 6.07) is 0.142. The van der Waals surface area contributed by atoms with Crippen LogP contribution in [0.3, 0.4) is 0 Å². The number of rotatable bonds is 4. The lowest BCUT2D eigenvalue weighted by atomic mass is 10.2. The quantitative estimate of drug-likeness (QED) is 0.649. The number of hydrogen-bond donors (Lipinski definition) is 0. The van der Waals surface area contributed by atoms with E-state index in [9.17, 15) is 4.79 Å². The second kappa shape index (κ2) is 5.88. The van der Waals surface area contributed by atoms with Gasteiger partial charge in [0, 0.05) is 20.8 Å². The summed E-state index contributed by atoms with van der Waals surface area (Å²) in [6.45, 7) is 3.07. The zero-order valence-corrected chi connectivity index (χ0v) is 9.60. The molecule has 0 N–H and O–H groups in total. The van der Waals surface area contributed by atoms with Crippen molar-refractivity contribution in [3.05, 3.63) is 12.2 Å². The van der Waals surface area contributed by atoms with Gasteiger partial charge in [-0.1, -0.05) is 6.08 Å². The van der Waals surface area contributed by atoms with Crippen LogP contribution in [-0.2, 0) is 14.3 Å². The lowest BCUT2D eigenvalue weighted by molar-refractivity contribution is -0.128. The Morgan fingerprint density at radius 3 is 2.80 bits per heavy atom. The molecule has 0 aromatic carbocycles. The Balaban J connectivity index is 2.63. The van der Waals surface area contributed by atoms with E-state index in [1.807, 2.05) is 11.8 Å². The molecule has 0 radical (unpaired) electrons. The molecule has 2 atom stereocenters. The third-order valence-electron chi connectivity index (χ3n) is 2.66. The predicted octanol–water partition coefficient (Wildman–Crippen LogP) is 0.825. The molecule has 0 spiro atoms. The van der Waals surface area contributed by atoms with E-state index in [0.29, 0.717) is 13.2 Å². The zero-order chi connectivity index (χ0) is 11.3. The van der Waals surface area contributed by atoms with Crippen LogP contribution in [0.1, 0.15) is 13.3 Å². The van der Waals surface area contributed by atoms with Crippen molar-refractivity contribution in [1.29, 1.82) is 0 Å². The van der Waals surface area contributed by atoms with Crippen LogP contribution in [0, 0.1) is 0 Å². The Labute approximate surface area is 90.8 Å². The highest BCUT2D eigenvalue weighted by Crippen LogP contribution is 2.20. The molecule has 86 valence electrons. The van der Waals surface area contributed by atoms with Crippen LogP contribution in [0.25, 0.3) is 0 Å². The lowest BCUT2D eigenvalue weighted by Gasteiger charge is -2.22. The highest BCUT2D eigenvalue weighted by Gasteiger charge is 2.34. The van der Waals surface area contributed by atoms with E-state index < -0.39 is 0 Å². The summed E-state index contributed by atoms with van der Waals surface area (Å²) in [5.74, 6) is 0.0408. The molecule has 0 bridgehead atoms. The Bertz CT molecular complexity index is 240. The van der Waals surface area contributed by atoms with Gasteiger partial charge in [0.25, 0.3) is 0 Å². The third-order valence-corrected chi connectivity index (χ3v) is 2.66. The summed E-state index contributed by atoms with van der Waals surface area (Å²) in [5, 5.41) is 0. The number of methoxy groups -OCH3 is 2. The third kappa shape index (κ3) is 3.04. The summed E-state index contributed by atoms with van der Waals surface area (Å²) < 4.78 is 10.4. The highest BCUT2D eigenvalue weighted by atomic mass is 16.5. The Morgan fingerprint density at radius 1 is 1.53 bits per heavy atom. The van der Waals surface area contributed by atoms with E-state index in [0.717, 1.165) is 6.42 Å². The molecule has 0 saturated carbocycles. The number of carbonyl (C=O) groups is 1. The molecule has 1 aliphatic heterocycles. The van der Waals surface area contributed by atoms with Crippen molar-refractivity contribution in [2.45, 2.75) is 25.5 Å². The van der Waals surface area contributed by atoms with Crippen LogP contribution < -0.4 is 0 Å². The molecule has 1 aliphatic rings. The number of likely N-dealkylation sites (tertiary alicyclic amines) is 1. The summed E-state index contributed by atoms with van der Waals surface area (Å²) in [6.07, 6.45) is 4.33. The minimum atomic E-state index is 0.0408. The maximum absolute atomic E-state index is 11.7. The number of allylic oxidation sites excluding steroid dienone is 1.